The number of benzene rings is 2. The highest BCUT2D eigenvalue weighted by molar-refractivity contribution is 5.64. The predicted molar refractivity (Wildman–Crippen MR) is 88.0 cm³/mol. The number of aliphatic hydroxyl groups is 1. The van der Waals surface area contributed by atoms with E-state index in [0.29, 0.717) is 18.7 Å². The number of nitrogens with zero attached hydrogens (tertiary/aromatic N) is 1. The zero-order valence-electron chi connectivity index (χ0n) is 13.4. The van der Waals surface area contributed by atoms with Crippen LogP contribution in [0.1, 0.15) is 24.5 Å². The van der Waals surface area contributed by atoms with Crippen molar-refractivity contribution in [2.24, 2.45) is 0 Å². The van der Waals surface area contributed by atoms with Crippen LogP contribution in [0.25, 0.3) is 0 Å². The molecule has 0 fully saturated rings. The molecule has 3 rings (SSSR count). The van der Waals surface area contributed by atoms with Gasteiger partial charge in [-0.25, -0.2) is 0 Å². The molecule has 0 radical (unpaired) electrons. The lowest BCUT2D eigenvalue weighted by atomic mass is 9.85. The van der Waals surface area contributed by atoms with Gasteiger partial charge in [-0.05, 0) is 31.4 Å². The molecule has 2 nitrogen and oxygen atoms in total. The number of likely N-dealkylation sites (N-methyl/N-ethyl adjacent to an activating group) is 1. The fraction of sp³-hybridized carbons (Fsp3) is 0.368. The summed E-state index contributed by atoms with van der Waals surface area (Å²) in [5.41, 5.74) is -1.45. The van der Waals surface area contributed by atoms with Gasteiger partial charge in [-0.3, -0.25) is 0 Å². The summed E-state index contributed by atoms with van der Waals surface area (Å²) in [4.78, 5) is 1.67. The molecular weight excluding hydrogens is 315 g/mol. The van der Waals surface area contributed by atoms with E-state index in [1.54, 1.807) is 23.1 Å². The number of alkyl halides is 3. The maximum absolute atomic E-state index is 13.8. The van der Waals surface area contributed by atoms with Crippen molar-refractivity contribution in [1.82, 2.24) is 0 Å². The molecule has 1 aliphatic rings. The Morgan fingerprint density at radius 1 is 1.04 bits per heavy atom. The highest BCUT2D eigenvalue weighted by Crippen LogP contribution is 2.53. The van der Waals surface area contributed by atoms with Crippen LogP contribution in [-0.4, -0.2) is 23.9 Å². The van der Waals surface area contributed by atoms with Crippen LogP contribution in [0.2, 0.25) is 0 Å². The summed E-state index contributed by atoms with van der Waals surface area (Å²) in [6.07, 6.45) is -4.02. The van der Waals surface area contributed by atoms with Crippen LogP contribution < -0.4 is 4.90 Å². The first-order chi connectivity index (χ1) is 11.4. The predicted octanol–water partition coefficient (Wildman–Crippen LogP) is 4.28. The van der Waals surface area contributed by atoms with Crippen LogP contribution in [-0.2, 0) is 12.0 Å². The smallest absolute Gasteiger partial charge is 0.375 e. The maximum atomic E-state index is 13.8. The van der Waals surface area contributed by atoms with Gasteiger partial charge in [0.25, 0.3) is 0 Å². The minimum atomic E-state index is -4.73. The maximum Gasteiger partial charge on any atom is 0.423 e. The molecule has 2 atom stereocenters. The van der Waals surface area contributed by atoms with E-state index in [0.717, 1.165) is 5.56 Å². The lowest BCUT2D eigenvalue weighted by Crippen LogP contribution is -2.54. The molecule has 0 bridgehead atoms. The molecule has 1 N–H and O–H groups in total. The second-order valence-electron chi connectivity index (χ2n) is 6.11. The molecule has 5 heteroatoms. The van der Waals surface area contributed by atoms with Crippen molar-refractivity contribution in [2.75, 3.05) is 11.4 Å². The Kier molecular flexibility index (Phi) is 4.30. The number of halogens is 3. The van der Waals surface area contributed by atoms with Gasteiger partial charge in [0.2, 0.25) is 5.60 Å². The van der Waals surface area contributed by atoms with Crippen LogP contribution in [0, 0.1) is 0 Å². The van der Waals surface area contributed by atoms with Crippen molar-refractivity contribution < 1.29 is 18.3 Å². The third-order valence-electron chi connectivity index (χ3n) is 4.80. The summed E-state index contributed by atoms with van der Waals surface area (Å²) in [6.45, 7) is 2.23. The monoisotopic (exact) mass is 335 g/mol. The Labute approximate surface area is 139 Å². The SMILES string of the molecule is CCN1c2ccccc2C(O)(C(F)(F)F)C1CCc1ccccc1. The Hall–Kier alpha value is -2.01. The average Bonchev–Trinajstić information content (AvgIpc) is 2.83. The lowest BCUT2D eigenvalue weighted by molar-refractivity contribution is -0.271. The van der Waals surface area contributed by atoms with Gasteiger partial charge in [-0.2, -0.15) is 13.2 Å². The largest absolute Gasteiger partial charge is 0.423 e. The Balaban J connectivity index is 1.99. The standard InChI is InChI=1S/C19H20F3NO/c1-2-23-16-11-7-6-10-15(16)18(24,19(20,21)22)17(23)13-12-14-8-4-3-5-9-14/h3-11,17,24H,2,12-13H2,1H3. The second kappa shape index (κ2) is 6.13. The molecule has 0 spiro atoms. The summed E-state index contributed by atoms with van der Waals surface area (Å²) < 4.78 is 41.5. The van der Waals surface area contributed by atoms with Gasteiger partial charge in [-0.1, -0.05) is 48.5 Å². The summed E-state index contributed by atoms with van der Waals surface area (Å²) >= 11 is 0. The van der Waals surface area contributed by atoms with E-state index >= 15 is 0 Å². The molecule has 0 aliphatic carbocycles. The average molecular weight is 335 g/mol. The zero-order chi connectivity index (χ0) is 17.4. The minimum absolute atomic E-state index is 0.0441. The van der Waals surface area contributed by atoms with E-state index in [4.69, 9.17) is 0 Å². The normalized spacial score (nSPS) is 23.4. The van der Waals surface area contributed by atoms with Gasteiger partial charge < -0.3 is 10.0 Å². The first-order valence-corrected chi connectivity index (χ1v) is 8.08. The lowest BCUT2D eigenvalue weighted by Gasteiger charge is -2.36. The Morgan fingerprint density at radius 2 is 1.67 bits per heavy atom. The highest BCUT2D eigenvalue weighted by atomic mass is 19.4. The number of hydrogen-bond acceptors (Lipinski definition) is 2. The molecule has 0 saturated carbocycles. The van der Waals surface area contributed by atoms with Crippen LogP contribution in [0.15, 0.2) is 54.6 Å². The number of anilines is 1. The third kappa shape index (κ3) is 2.57. The molecule has 1 heterocycles. The number of aryl methyl sites for hydroxylation is 1. The quantitative estimate of drug-likeness (QED) is 0.901. The van der Waals surface area contributed by atoms with Gasteiger partial charge in [0.1, 0.15) is 0 Å². The van der Waals surface area contributed by atoms with E-state index < -0.39 is 17.8 Å². The molecule has 0 amide bonds. The van der Waals surface area contributed by atoms with E-state index in [-0.39, 0.29) is 12.0 Å². The van der Waals surface area contributed by atoms with Crippen molar-refractivity contribution in [2.45, 2.75) is 37.6 Å². The molecule has 128 valence electrons. The summed E-state index contributed by atoms with van der Waals surface area (Å²) in [5.74, 6) is 0. The molecule has 2 unspecified atom stereocenters. The molecule has 0 saturated heterocycles. The highest BCUT2D eigenvalue weighted by Gasteiger charge is 2.65. The van der Waals surface area contributed by atoms with Crippen LogP contribution in [0.4, 0.5) is 18.9 Å². The van der Waals surface area contributed by atoms with Gasteiger partial charge in [0, 0.05) is 17.8 Å². The van der Waals surface area contributed by atoms with Gasteiger partial charge in [0.15, 0.2) is 0 Å². The van der Waals surface area contributed by atoms with E-state index in [1.165, 1.54) is 6.07 Å². The molecule has 2 aromatic carbocycles. The van der Waals surface area contributed by atoms with Crippen molar-refractivity contribution in [3.8, 4) is 0 Å². The Morgan fingerprint density at radius 3 is 2.29 bits per heavy atom. The fourth-order valence-corrected chi connectivity index (χ4v) is 3.66. The second-order valence-corrected chi connectivity index (χ2v) is 6.11. The Bertz CT molecular complexity index is 701. The molecule has 1 aliphatic heterocycles. The van der Waals surface area contributed by atoms with Crippen molar-refractivity contribution >= 4 is 5.69 Å². The summed E-state index contributed by atoms with van der Waals surface area (Å²) in [7, 11) is 0. The van der Waals surface area contributed by atoms with Crippen molar-refractivity contribution in [1.29, 1.82) is 0 Å². The van der Waals surface area contributed by atoms with E-state index in [9.17, 15) is 18.3 Å². The van der Waals surface area contributed by atoms with Crippen LogP contribution in [0.5, 0.6) is 0 Å². The van der Waals surface area contributed by atoms with Crippen LogP contribution in [0.3, 0.4) is 0 Å². The number of hydrogen-bond donors (Lipinski definition) is 1. The van der Waals surface area contributed by atoms with Crippen molar-refractivity contribution in [3.05, 3.63) is 65.7 Å². The van der Waals surface area contributed by atoms with Gasteiger partial charge in [-0.15, -0.1) is 0 Å². The van der Waals surface area contributed by atoms with E-state index in [1.807, 2.05) is 37.3 Å². The molecule has 24 heavy (non-hydrogen) atoms. The van der Waals surface area contributed by atoms with E-state index in [2.05, 4.69) is 0 Å². The number of rotatable bonds is 4. The molecule has 2 aromatic rings. The first-order valence-electron chi connectivity index (χ1n) is 8.08. The third-order valence-corrected chi connectivity index (χ3v) is 4.80. The molecular formula is C19H20F3NO. The number of para-hydroxylation sites is 1. The fourth-order valence-electron chi connectivity index (χ4n) is 3.66. The minimum Gasteiger partial charge on any atom is -0.375 e. The van der Waals surface area contributed by atoms with Crippen molar-refractivity contribution in [3.63, 3.8) is 0 Å². The first kappa shape index (κ1) is 16.8. The molecule has 0 aromatic heterocycles. The summed E-state index contributed by atoms with van der Waals surface area (Å²) in [5, 5.41) is 10.8. The van der Waals surface area contributed by atoms with Gasteiger partial charge in [0.05, 0.1) is 6.04 Å². The topological polar surface area (TPSA) is 23.5 Å². The van der Waals surface area contributed by atoms with Crippen LogP contribution >= 0.6 is 0 Å². The summed E-state index contributed by atoms with van der Waals surface area (Å²) in [6, 6.07) is 14.7. The van der Waals surface area contributed by atoms with Gasteiger partial charge >= 0.3 is 6.18 Å². The zero-order valence-corrected chi connectivity index (χ0v) is 13.4. The number of fused-ring (bicyclic) bond motifs is 1.